The molecule has 0 fully saturated rings. The Hall–Kier alpha value is -7.42. The molecule has 11 rings (SSSR count). The molecule has 0 radical (unpaired) electrons. The zero-order chi connectivity index (χ0) is 39.8. The highest BCUT2D eigenvalue weighted by Gasteiger charge is 2.22. The van der Waals surface area contributed by atoms with E-state index in [4.69, 9.17) is 0 Å². The van der Waals surface area contributed by atoms with Crippen molar-refractivity contribution >= 4 is 27.1 Å². The maximum Gasteiger partial charge on any atom is 0.0535 e. The fourth-order valence-electron chi connectivity index (χ4n) is 9.44. The summed E-state index contributed by atoms with van der Waals surface area (Å²) in [6.45, 7) is 0. The summed E-state index contributed by atoms with van der Waals surface area (Å²) in [7, 11) is 0. The first kappa shape index (κ1) is 35.7. The lowest BCUT2D eigenvalue weighted by atomic mass is 9.91. The Balaban J connectivity index is 1.20. The molecule has 2 heterocycles. The van der Waals surface area contributed by atoms with Crippen molar-refractivity contribution in [2.24, 2.45) is 0 Å². The van der Waals surface area contributed by atoms with E-state index in [0.29, 0.717) is 5.92 Å². The van der Waals surface area contributed by atoms with Crippen LogP contribution >= 0.6 is 0 Å². The molecule has 0 amide bonds. The lowest BCUT2D eigenvalue weighted by Gasteiger charge is -2.23. The van der Waals surface area contributed by atoms with Gasteiger partial charge in [0.2, 0.25) is 0 Å². The molecule has 0 saturated heterocycles. The average Bonchev–Trinajstić information content (AvgIpc) is 3.98. The molecule has 1 unspecified atom stereocenters. The molecule has 1 atom stereocenters. The second kappa shape index (κ2) is 15.4. The number of allylic oxidation sites excluding steroid dienone is 8. The average molecular weight is 769 g/mol. The van der Waals surface area contributed by atoms with Crippen LogP contribution in [-0.2, 0) is 0 Å². The number of benzene rings is 7. The van der Waals surface area contributed by atoms with Crippen LogP contribution in [0.4, 0.5) is 0 Å². The molecule has 60 heavy (non-hydrogen) atoms. The highest BCUT2D eigenvalue weighted by molar-refractivity contribution is 6.10. The molecular weight excluding hydrogens is 725 g/mol. The molecule has 2 nitrogen and oxygen atoms in total. The van der Waals surface area contributed by atoms with E-state index in [1.165, 1.54) is 77.6 Å². The van der Waals surface area contributed by atoms with Gasteiger partial charge in [0.05, 0.1) is 11.4 Å². The molecule has 286 valence electrons. The Morgan fingerprint density at radius 1 is 0.417 bits per heavy atom. The third-order valence-corrected chi connectivity index (χ3v) is 12.3. The predicted octanol–water partition coefficient (Wildman–Crippen LogP) is 15.6. The normalized spacial score (nSPS) is 14.9. The van der Waals surface area contributed by atoms with Gasteiger partial charge in [0.25, 0.3) is 0 Å². The van der Waals surface area contributed by atoms with E-state index in [9.17, 15) is 0 Å². The largest absolute Gasteiger partial charge is 0.313 e. The van der Waals surface area contributed by atoms with E-state index >= 15 is 0 Å². The Morgan fingerprint density at radius 3 is 1.43 bits per heavy atom. The van der Waals surface area contributed by atoms with E-state index in [-0.39, 0.29) is 0 Å². The predicted molar refractivity (Wildman–Crippen MR) is 254 cm³/mol. The van der Waals surface area contributed by atoms with Crippen LogP contribution in [0.25, 0.3) is 83.3 Å². The SMILES string of the molecule is C1=CCCC(c2ccc(C3C=CC=CC3)n2-c2cc(-c3ccccc3)c3cc4cc(-n5c(-c6ccccc6)ccc5-c5ccccc5)cc(-c5ccccc5)c4cc3c2)=C1. The van der Waals surface area contributed by atoms with Crippen molar-refractivity contribution in [2.75, 3.05) is 0 Å². The van der Waals surface area contributed by atoms with E-state index in [0.717, 1.165) is 36.3 Å². The van der Waals surface area contributed by atoms with Crippen molar-refractivity contribution in [2.45, 2.75) is 25.2 Å². The van der Waals surface area contributed by atoms with Gasteiger partial charge in [-0.3, -0.25) is 0 Å². The lowest BCUT2D eigenvalue weighted by Crippen LogP contribution is -2.09. The zero-order valence-corrected chi connectivity index (χ0v) is 33.5. The Morgan fingerprint density at radius 2 is 0.933 bits per heavy atom. The summed E-state index contributed by atoms with van der Waals surface area (Å²) in [5.74, 6) is 0.300. The summed E-state index contributed by atoms with van der Waals surface area (Å²) in [6.07, 6.45) is 18.9. The molecule has 0 N–H and O–H groups in total. The van der Waals surface area contributed by atoms with Crippen molar-refractivity contribution in [1.82, 2.24) is 9.13 Å². The highest BCUT2D eigenvalue weighted by atomic mass is 15.0. The molecule has 7 aromatic carbocycles. The molecule has 0 spiro atoms. The number of aromatic nitrogens is 2. The first-order chi connectivity index (χ1) is 29.8. The first-order valence-corrected chi connectivity index (χ1v) is 21.2. The minimum absolute atomic E-state index is 0.300. The van der Waals surface area contributed by atoms with Gasteiger partial charge in [-0.1, -0.05) is 164 Å². The Labute approximate surface area is 352 Å². The zero-order valence-electron chi connectivity index (χ0n) is 33.5. The van der Waals surface area contributed by atoms with Gasteiger partial charge in [-0.15, -0.1) is 0 Å². The monoisotopic (exact) mass is 768 g/mol. The van der Waals surface area contributed by atoms with E-state index in [1.807, 2.05) is 0 Å². The summed E-state index contributed by atoms with van der Waals surface area (Å²) in [6, 6.07) is 67.2. The van der Waals surface area contributed by atoms with Crippen LogP contribution in [0.15, 0.2) is 225 Å². The van der Waals surface area contributed by atoms with Crippen LogP contribution in [-0.4, -0.2) is 9.13 Å². The lowest BCUT2D eigenvalue weighted by molar-refractivity contribution is 0.779. The summed E-state index contributed by atoms with van der Waals surface area (Å²) >= 11 is 0. The van der Waals surface area contributed by atoms with Crippen LogP contribution in [0, 0.1) is 0 Å². The van der Waals surface area contributed by atoms with E-state index < -0.39 is 0 Å². The molecular formula is C58H44N2. The third-order valence-electron chi connectivity index (χ3n) is 12.3. The molecule has 2 aliphatic carbocycles. The van der Waals surface area contributed by atoms with Gasteiger partial charge >= 0.3 is 0 Å². The van der Waals surface area contributed by atoms with Gasteiger partial charge in [-0.05, 0) is 140 Å². The summed E-state index contributed by atoms with van der Waals surface area (Å²) in [5, 5.41) is 4.90. The van der Waals surface area contributed by atoms with Crippen molar-refractivity contribution in [1.29, 1.82) is 0 Å². The molecule has 2 heteroatoms. The molecule has 2 aliphatic rings. The summed E-state index contributed by atoms with van der Waals surface area (Å²) in [5.41, 5.74) is 15.8. The summed E-state index contributed by atoms with van der Waals surface area (Å²) < 4.78 is 5.00. The first-order valence-electron chi connectivity index (χ1n) is 21.2. The molecule has 0 saturated carbocycles. The van der Waals surface area contributed by atoms with Gasteiger partial charge in [0.1, 0.15) is 0 Å². The Kier molecular flexibility index (Phi) is 9.17. The van der Waals surface area contributed by atoms with Crippen molar-refractivity contribution in [3.8, 4) is 56.1 Å². The highest BCUT2D eigenvalue weighted by Crippen LogP contribution is 2.43. The molecule has 9 aromatic rings. The van der Waals surface area contributed by atoms with Crippen LogP contribution < -0.4 is 0 Å². The smallest absolute Gasteiger partial charge is 0.0535 e. The number of fused-ring (bicyclic) bond motifs is 2. The van der Waals surface area contributed by atoms with Gasteiger partial charge in [0.15, 0.2) is 0 Å². The van der Waals surface area contributed by atoms with Crippen molar-refractivity contribution < 1.29 is 0 Å². The van der Waals surface area contributed by atoms with Crippen molar-refractivity contribution in [3.63, 3.8) is 0 Å². The van der Waals surface area contributed by atoms with Crippen LogP contribution in [0.2, 0.25) is 0 Å². The second-order valence-corrected chi connectivity index (χ2v) is 16.0. The fourth-order valence-corrected chi connectivity index (χ4v) is 9.44. The maximum atomic E-state index is 2.55. The number of hydrogen-bond acceptors (Lipinski definition) is 0. The van der Waals surface area contributed by atoms with Crippen LogP contribution in [0.1, 0.15) is 36.6 Å². The second-order valence-electron chi connectivity index (χ2n) is 16.0. The maximum absolute atomic E-state index is 2.55. The minimum Gasteiger partial charge on any atom is -0.313 e. The number of nitrogens with zero attached hydrogens (tertiary/aromatic N) is 2. The number of rotatable bonds is 8. The third kappa shape index (κ3) is 6.47. The van der Waals surface area contributed by atoms with Crippen molar-refractivity contribution in [3.05, 3.63) is 236 Å². The quantitative estimate of drug-likeness (QED) is 0.136. The minimum atomic E-state index is 0.300. The van der Waals surface area contributed by atoms with Gasteiger partial charge in [0, 0.05) is 28.7 Å². The molecule has 2 aromatic heterocycles. The molecule has 0 bridgehead atoms. The van der Waals surface area contributed by atoms with Gasteiger partial charge in [-0.25, -0.2) is 0 Å². The molecule has 0 aliphatic heterocycles. The van der Waals surface area contributed by atoms with E-state index in [2.05, 4.69) is 234 Å². The topological polar surface area (TPSA) is 9.86 Å². The van der Waals surface area contributed by atoms with Gasteiger partial charge in [-0.2, -0.15) is 0 Å². The van der Waals surface area contributed by atoms with Crippen LogP contribution in [0.3, 0.4) is 0 Å². The fraction of sp³-hybridized carbons (Fsp3) is 0.0690. The standard InChI is InChI=1S/C58H44N2/c1-7-19-41(20-8-1)53-39-49(59-55(43-23-11-3-12-24-43)31-32-56(59)44-25-13-4-14-26-44)35-47-38-52-48(37-51(47)53)36-50(40-54(52)42-21-9-2-10-22-42)60-57(45-27-15-5-16-28-45)33-34-58(60)46-29-17-6-18-30-46/h1-17,19-27,29,31-40,45H,18,28,30H2. The number of hydrogen-bond donors (Lipinski definition) is 0. The Bertz CT molecular complexity index is 3080. The van der Waals surface area contributed by atoms with Crippen LogP contribution in [0.5, 0.6) is 0 Å². The van der Waals surface area contributed by atoms with Gasteiger partial charge < -0.3 is 9.13 Å². The summed E-state index contributed by atoms with van der Waals surface area (Å²) in [4.78, 5) is 0. The van der Waals surface area contributed by atoms with E-state index in [1.54, 1.807) is 0 Å².